The second kappa shape index (κ2) is 6.24. The highest BCUT2D eigenvalue weighted by atomic mass is 16.3. The Bertz CT molecular complexity index is 289. The van der Waals surface area contributed by atoms with E-state index in [0.717, 1.165) is 31.1 Å². The molecule has 1 rings (SSSR count). The Hall–Kier alpha value is -1.29. The number of hydrogen-bond acceptors (Lipinski definition) is 4. The van der Waals surface area contributed by atoms with Crippen LogP contribution in [0.1, 0.15) is 20.3 Å². The Kier molecular flexibility index (Phi) is 4.90. The third-order valence-corrected chi connectivity index (χ3v) is 1.98. The maximum atomic E-state index is 9.10. The zero-order valence-electron chi connectivity index (χ0n) is 9.33. The van der Waals surface area contributed by atoms with Gasteiger partial charge < -0.3 is 15.7 Å². The summed E-state index contributed by atoms with van der Waals surface area (Å²) >= 11 is 0. The molecule has 1 aromatic rings. The van der Waals surface area contributed by atoms with Gasteiger partial charge >= 0.3 is 0 Å². The Balaban J connectivity index is 2.43. The van der Waals surface area contributed by atoms with Gasteiger partial charge in [-0.3, -0.25) is 0 Å². The van der Waals surface area contributed by atoms with E-state index in [4.69, 9.17) is 5.11 Å². The van der Waals surface area contributed by atoms with Crippen LogP contribution in [-0.2, 0) is 0 Å². The molecule has 1 unspecified atom stereocenters. The normalized spacial score (nSPS) is 12.2. The summed E-state index contributed by atoms with van der Waals surface area (Å²) in [5, 5.41) is 15.4. The van der Waals surface area contributed by atoms with E-state index in [0.29, 0.717) is 0 Å². The summed E-state index contributed by atoms with van der Waals surface area (Å²) < 4.78 is 0. The van der Waals surface area contributed by atoms with Crippen LogP contribution in [0.4, 0.5) is 11.6 Å². The van der Waals surface area contributed by atoms with Crippen LogP contribution < -0.4 is 10.6 Å². The Morgan fingerprint density at radius 1 is 1.33 bits per heavy atom. The lowest BCUT2D eigenvalue weighted by Gasteiger charge is -2.08. The first-order valence-corrected chi connectivity index (χ1v) is 5.35. The molecule has 1 aromatic heterocycles. The summed E-state index contributed by atoms with van der Waals surface area (Å²) in [6, 6.07) is 5.81. The monoisotopic (exact) mass is 209 g/mol. The maximum Gasteiger partial charge on any atom is 0.128 e. The second-order valence-corrected chi connectivity index (χ2v) is 3.50. The van der Waals surface area contributed by atoms with Crippen molar-refractivity contribution in [2.75, 3.05) is 23.7 Å². The number of aliphatic hydroxyl groups excluding tert-OH is 1. The number of pyridine rings is 1. The predicted octanol–water partition coefficient (Wildman–Crippen LogP) is 1.70. The lowest BCUT2D eigenvalue weighted by atomic mass is 10.3. The highest BCUT2D eigenvalue weighted by Gasteiger charge is 1.97. The van der Waals surface area contributed by atoms with Crippen molar-refractivity contribution in [2.45, 2.75) is 26.4 Å². The molecule has 0 saturated heterocycles. The summed E-state index contributed by atoms with van der Waals surface area (Å²) in [6.45, 7) is 5.42. The molecule has 0 aliphatic heterocycles. The van der Waals surface area contributed by atoms with Crippen molar-refractivity contribution in [3.05, 3.63) is 18.2 Å². The van der Waals surface area contributed by atoms with Gasteiger partial charge in [-0.05, 0) is 32.4 Å². The zero-order chi connectivity index (χ0) is 11.1. The molecule has 0 saturated carbocycles. The average molecular weight is 209 g/mol. The second-order valence-electron chi connectivity index (χ2n) is 3.50. The molecule has 0 fully saturated rings. The minimum atomic E-state index is -0.269. The van der Waals surface area contributed by atoms with Crippen LogP contribution in [0.5, 0.6) is 0 Å². The molecule has 1 heterocycles. The van der Waals surface area contributed by atoms with E-state index in [-0.39, 0.29) is 6.10 Å². The number of nitrogens with zero attached hydrogens (tertiary/aromatic N) is 1. The van der Waals surface area contributed by atoms with Crippen LogP contribution in [0.3, 0.4) is 0 Å². The van der Waals surface area contributed by atoms with Crippen LogP contribution in [0.15, 0.2) is 18.2 Å². The largest absolute Gasteiger partial charge is 0.393 e. The van der Waals surface area contributed by atoms with E-state index in [1.807, 2.05) is 25.1 Å². The molecule has 15 heavy (non-hydrogen) atoms. The topological polar surface area (TPSA) is 57.2 Å². The van der Waals surface area contributed by atoms with E-state index >= 15 is 0 Å². The number of rotatable bonds is 6. The molecule has 0 bridgehead atoms. The molecule has 0 aliphatic rings. The van der Waals surface area contributed by atoms with Gasteiger partial charge in [0, 0.05) is 13.1 Å². The van der Waals surface area contributed by atoms with Crippen LogP contribution in [-0.4, -0.2) is 29.3 Å². The highest BCUT2D eigenvalue weighted by Crippen LogP contribution is 2.08. The molecular weight excluding hydrogens is 190 g/mol. The van der Waals surface area contributed by atoms with Gasteiger partial charge in [0.1, 0.15) is 11.6 Å². The molecule has 0 spiro atoms. The van der Waals surface area contributed by atoms with Crippen LogP contribution in [0.25, 0.3) is 0 Å². The molecule has 4 nitrogen and oxygen atoms in total. The van der Waals surface area contributed by atoms with Crippen LogP contribution in [0, 0.1) is 0 Å². The van der Waals surface area contributed by atoms with Crippen molar-refractivity contribution < 1.29 is 5.11 Å². The molecule has 3 N–H and O–H groups in total. The maximum absolute atomic E-state index is 9.10. The van der Waals surface area contributed by atoms with Crippen molar-refractivity contribution >= 4 is 11.6 Å². The Labute approximate surface area is 90.7 Å². The van der Waals surface area contributed by atoms with Crippen molar-refractivity contribution in [3.8, 4) is 0 Å². The average Bonchev–Trinajstić information content (AvgIpc) is 2.18. The molecule has 0 aromatic carbocycles. The van der Waals surface area contributed by atoms with Gasteiger partial charge in [0.2, 0.25) is 0 Å². The molecule has 4 heteroatoms. The fraction of sp³-hybridized carbons (Fsp3) is 0.545. The van der Waals surface area contributed by atoms with Gasteiger partial charge in [0.05, 0.1) is 6.10 Å². The lowest BCUT2D eigenvalue weighted by molar-refractivity contribution is 0.188. The van der Waals surface area contributed by atoms with E-state index in [2.05, 4.69) is 15.6 Å². The molecule has 1 atom stereocenters. The number of nitrogens with one attached hydrogen (secondary N) is 2. The summed E-state index contributed by atoms with van der Waals surface area (Å²) in [6.07, 6.45) is 0.460. The van der Waals surface area contributed by atoms with Crippen molar-refractivity contribution in [2.24, 2.45) is 0 Å². The summed E-state index contributed by atoms with van der Waals surface area (Å²) in [4.78, 5) is 4.36. The summed E-state index contributed by atoms with van der Waals surface area (Å²) in [5.74, 6) is 1.72. The summed E-state index contributed by atoms with van der Waals surface area (Å²) in [7, 11) is 0. The van der Waals surface area contributed by atoms with Gasteiger partial charge in [-0.15, -0.1) is 0 Å². The fourth-order valence-corrected chi connectivity index (χ4v) is 1.22. The molecule has 84 valence electrons. The van der Waals surface area contributed by atoms with Gasteiger partial charge in [0.15, 0.2) is 0 Å². The number of hydrogen-bond donors (Lipinski definition) is 3. The smallest absolute Gasteiger partial charge is 0.128 e. The highest BCUT2D eigenvalue weighted by molar-refractivity contribution is 5.44. The SMILES string of the molecule is CCNc1cccc(NCCC(C)O)n1. The third kappa shape index (κ3) is 4.65. The number of aliphatic hydroxyl groups is 1. The van der Waals surface area contributed by atoms with Gasteiger partial charge in [-0.1, -0.05) is 6.07 Å². The lowest BCUT2D eigenvalue weighted by Crippen LogP contribution is -2.11. The van der Waals surface area contributed by atoms with E-state index in [9.17, 15) is 0 Å². The fourth-order valence-electron chi connectivity index (χ4n) is 1.22. The first-order chi connectivity index (χ1) is 7.22. The molecule has 0 radical (unpaired) electrons. The van der Waals surface area contributed by atoms with Gasteiger partial charge in [-0.2, -0.15) is 0 Å². The van der Waals surface area contributed by atoms with E-state index < -0.39 is 0 Å². The standard InChI is InChI=1S/C11H19N3O/c1-3-12-10-5-4-6-11(14-10)13-8-7-9(2)15/h4-6,9,15H,3,7-8H2,1-2H3,(H2,12,13,14). The van der Waals surface area contributed by atoms with Crippen LogP contribution in [0.2, 0.25) is 0 Å². The minimum Gasteiger partial charge on any atom is -0.393 e. The molecular formula is C11H19N3O. The van der Waals surface area contributed by atoms with Crippen molar-refractivity contribution in [1.29, 1.82) is 0 Å². The van der Waals surface area contributed by atoms with Crippen molar-refractivity contribution in [3.63, 3.8) is 0 Å². The number of aromatic nitrogens is 1. The third-order valence-electron chi connectivity index (χ3n) is 1.98. The quantitative estimate of drug-likeness (QED) is 0.667. The Morgan fingerprint density at radius 3 is 2.60 bits per heavy atom. The zero-order valence-corrected chi connectivity index (χ0v) is 9.33. The minimum absolute atomic E-state index is 0.269. The molecule has 0 amide bonds. The van der Waals surface area contributed by atoms with Crippen molar-refractivity contribution in [1.82, 2.24) is 4.98 Å². The molecule has 0 aliphatic carbocycles. The van der Waals surface area contributed by atoms with Gasteiger partial charge in [-0.25, -0.2) is 4.98 Å². The van der Waals surface area contributed by atoms with Gasteiger partial charge in [0.25, 0.3) is 0 Å². The first-order valence-electron chi connectivity index (χ1n) is 5.35. The van der Waals surface area contributed by atoms with E-state index in [1.165, 1.54) is 0 Å². The summed E-state index contributed by atoms with van der Waals surface area (Å²) in [5.41, 5.74) is 0. The Morgan fingerprint density at radius 2 is 2.00 bits per heavy atom. The van der Waals surface area contributed by atoms with Crippen LogP contribution >= 0.6 is 0 Å². The number of anilines is 2. The first kappa shape index (κ1) is 11.8. The van der Waals surface area contributed by atoms with E-state index in [1.54, 1.807) is 6.92 Å². The predicted molar refractivity (Wildman–Crippen MR) is 63.2 cm³/mol.